The summed E-state index contributed by atoms with van der Waals surface area (Å²) >= 11 is 1.69. The van der Waals surface area contributed by atoms with Crippen LogP contribution in [0.1, 0.15) is 31.9 Å². The Hall–Kier alpha value is -0.550. The molecule has 3 nitrogen and oxygen atoms in total. The topological polar surface area (TPSA) is 52.5 Å². The highest BCUT2D eigenvalue weighted by molar-refractivity contribution is 7.99. The van der Waals surface area contributed by atoms with Gasteiger partial charge in [-0.2, -0.15) is 11.8 Å². The molecule has 108 valence electrons. The van der Waals surface area contributed by atoms with E-state index in [0.717, 1.165) is 13.0 Å². The van der Waals surface area contributed by atoms with Gasteiger partial charge in [-0.05, 0) is 18.5 Å². The van der Waals surface area contributed by atoms with E-state index in [1.165, 1.54) is 5.56 Å². The zero-order chi connectivity index (χ0) is 14.1. The van der Waals surface area contributed by atoms with Crippen LogP contribution in [0.25, 0.3) is 0 Å². The monoisotopic (exact) mass is 283 g/mol. The Balaban J connectivity index is 2.62. The Morgan fingerprint density at radius 1 is 1.26 bits per heavy atom. The van der Waals surface area contributed by atoms with Crippen LogP contribution in [0, 0.1) is 0 Å². The molecular formula is C15H25NO2S. The maximum absolute atomic E-state index is 9.44. The second-order valence-corrected chi connectivity index (χ2v) is 6.13. The summed E-state index contributed by atoms with van der Waals surface area (Å²) in [6.07, 6.45) is 0.468. The average Bonchev–Trinajstić information content (AvgIpc) is 2.46. The minimum atomic E-state index is -0.630. The Morgan fingerprint density at radius 2 is 1.95 bits per heavy atom. The first-order valence-electron chi connectivity index (χ1n) is 6.87. The van der Waals surface area contributed by atoms with Gasteiger partial charge >= 0.3 is 0 Å². The van der Waals surface area contributed by atoms with Crippen molar-refractivity contribution in [1.82, 2.24) is 5.32 Å². The first-order chi connectivity index (χ1) is 9.19. The number of thioether (sulfide) groups is 1. The van der Waals surface area contributed by atoms with Crippen LogP contribution in [-0.2, 0) is 0 Å². The minimum Gasteiger partial charge on any atom is -0.394 e. The Bertz CT molecular complexity index is 334. The third-order valence-electron chi connectivity index (χ3n) is 3.00. The van der Waals surface area contributed by atoms with E-state index < -0.39 is 6.10 Å². The van der Waals surface area contributed by atoms with Crippen LogP contribution in [0.4, 0.5) is 0 Å². The molecular weight excluding hydrogens is 258 g/mol. The van der Waals surface area contributed by atoms with E-state index in [0.29, 0.717) is 11.0 Å². The third-order valence-corrected chi connectivity index (χ3v) is 4.38. The summed E-state index contributed by atoms with van der Waals surface area (Å²) < 4.78 is 0. The lowest BCUT2D eigenvalue weighted by Gasteiger charge is -2.26. The molecule has 3 atom stereocenters. The first kappa shape index (κ1) is 16.5. The van der Waals surface area contributed by atoms with Gasteiger partial charge in [-0.25, -0.2) is 0 Å². The zero-order valence-corrected chi connectivity index (χ0v) is 12.6. The summed E-state index contributed by atoms with van der Waals surface area (Å²) in [6.45, 7) is 5.13. The molecule has 0 aliphatic rings. The van der Waals surface area contributed by atoms with E-state index in [9.17, 15) is 5.11 Å². The lowest BCUT2D eigenvalue weighted by atomic mass is 10.0. The Kier molecular flexibility index (Phi) is 8.14. The van der Waals surface area contributed by atoms with Gasteiger partial charge in [0.25, 0.3) is 0 Å². The van der Waals surface area contributed by atoms with Gasteiger partial charge in [-0.15, -0.1) is 0 Å². The zero-order valence-electron chi connectivity index (χ0n) is 11.7. The second kappa shape index (κ2) is 9.37. The molecule has 0 radical (unpaired) electrons. The highest BCUT2D eigenvalue weighted by Gasteiger charge is 2.19. The Morgan fingerprint density at radius 3 is 2.53 bits per heavy atom. The third kappa shape index (κ3) is 5.95. The van der Waals surface area contributed by atoms with Gasteiger partial charge in [0.2, 0.25) is 0 Å². The number of aliphatic hydroxyl groups excluding tert-OH is 2. The van der Waals surface area contributed by atoms with E-state index in [4.69, 9.17) is 5.11 Å². The molecule has 19 heavy (non-hydrogen) atoms. The van der Waals surface area contributed by atoms with Gasteiger partial charge in [0, 0.05) is 17.0 Å². The molecule has 1 rings (SSSR count). The van der Waals surface area contributed by atoms with Crippen molar-refractivity contribution in [3.63, 3.8) is 0 Å². The van der Waals surface area contributed by atoms with Crippen molar-refractivity contribution < 1.29 is 10.2 Å². The van der Waals surface area contributed by atoms with Gasteiger partial charge < -0.3 is 15.5 Å². The fraction of sp³-hybridized carbons (Fsp3) is 0.600. The fourth-order valence-electron chi connectivity index (χ4n) is 1.93. The molecule has 0 aliphatic heterocycles. The van der Waals surface area contributed by atoms with Gasteiger partial charge in [0.05, 0.1) is 12.7 Å². The molecule has 0 saturated carbocycles. The van der Waals surface area contributed by atoms with E-state index in [2.05, 4.69) is 43.4 Å². The van der Waals surface area contributed by atoms with Crippen molar-refractivity contribution in [2.75, 3.05) is 18.9 Å². The summed E-state index contributed by atoms with van der Waals surface area (Å²) in [5.41, 5.74) is 1.27. The van der Waals surface area contributed by atoms with Crippen molar-refractivity contribution in [3.8, 4) is 0 Å². The van der Waals surface area contributed by atoms with Crippen LogP contribution in [0.15, 0.2) is 30.3 Å². The molecule has 0 bridgehead atoms. The maximum atomic E-state index is 9.44. The van der Waals surface area contributed by atoms with Crippen LogP contribution >= 0.6 is 11.8 Å². The Labute approximate surface area is 120 Å². The molecule has 1 aromatic rings. The van der Waals surface area contributed by atoms with Crippen LogP contribution in [0.2, 0.25) is 0 Å². The van der Waals surface area contributed by atoms with Gasteiger partial charge in [0.1, 0.15) is 0 Å². The molecule has 0 heterocycles. The number of aliphatic hydroxyl groups is 2. The average molecular weight is 283 g/mol. The molecule has 3 N–H and O–H groups in total. The molecule has 0 amide bonds. The van der Waals surface area contributed by atoms with E-state index in [1.54, 1.807) is 11.8 Å². The maximum Gasteiger partial charge on any atom is 0.0861 e. The summed E-state index contributed by atoms with van der Waals surface area (Å²) in [7, 11) is 0. The molecule has 4 heteroatoms. The summed E-state index contributed by atoms with van der Waals surface area (Å²) in [5, 5.41) is 22.2. The van der Waals surface area contributed by atoms with Gasteiger partial charge in [0.15, 0.2) is 0 Å². The quantitative estimate of drug-likeness (QED) is 0.650. The highest BCUT2D eigenvalue weighted by atomic mass is 32.2. The predicted molar refractivity (Wildman–Crippen MR) is 82.5 cm³/mol. The number of benzene rings is 1. The second-order valence-electron chi connectivity index (χ2n) is 4.72. The number of rotatable bonds is 9. The van der Waals surface area contributed by atoms with Crippen molar-refractivity contribution in [3.05, 3.63) is 35.9 Å². The molecule has 1 aromatic carbocycles. The van der Waals surface area contributed by atoms with E-state index >= 15 is 0 Å². The number of hydrogen-bond donors (Lipinski definition) is 3. The van der Waals surface area contributed by atoms with Crippen molar-refractivity contribution in [2.45, 2.75) is 37.7 Å². The molecule has 0 aromatic heterocycles. The van der Waals surface area contributed by atoms with Gasteiger partial charge in [-0.3, -0.25) is 0 Å². The molecule has 0 saturated heterocycles. The summed E-state index contributed by atoms with van der Waals surface area (Å²) in [5.74, 6) is 0.564. The SMILES string of the molecule is CCCNC(c1ccccc1)C(C)SCC(O)CO. The molecule has 3 unspecified atom stereocenters. The molecule has 0 spiro atoms. The van der Waals surface area contributed by atoms with Crippen LogP contribution in [0.5, 0.6) is 0 Å². The predicted octanol–water partition coefficient (Wildman–Crippen LogP) is 2.20. The van der Waals surface area contributed by atoms with Crippen molar-refractivity contribution in [1.29, 1.82) is 0 Å². The van der Waals surface area contributed by atoms with Crippen LogP contribution in [-0.4, -0.2) is 40.5 Å². The van der Waals surface area contributed by atoms with Crippen LogP contribution < -0.4 is 5.32 Å². The minimum absolute atomic E-state index is 0.169. The van der Waals surface area contributed by atoms with E-state index in [1.807, 2.05) is 6.07 Å². The molecule has 0 fully saturated rings. The standard InChI is InChI=1S/C15H25NO2S/c1-3-9-16-15(13-7-5-4-6-8-13)12(2)19-11-14(18)10-17/h4-8,12,14-18H,3,9-11H2,1-2H3. The fourth-order valence-corrected chi connectivity index (χ4v) is 3.00. The van der Waals surface area contributed by atoms with Crippen LogP contribution in [0.3, 0.4) is 0 Å². The molecule has 0 aliphatic carbocycles. The smallest absolute Gasteiger partial charge is 0.0861 e. The number of hydrogen-bond acceptors (Lipinski definition) is 4. The van der Waals surface area contributed by atoms with Crippen molar-refractivity contribution in [2.24, 2.45) is 0 Å². The summed E-state index contributed by atoms with van der Waals surface area (Å²) in [6, 6.07) is 10.7. The largest absolute Gasteiger partial charge is 0.394 e. The highest BCUT2D eigenvalue weighted by Crippen LogP contribution is 2.26. The van der Waals surface area contributed by atoms with Crippen molar-refractivity contribution >= 4 is 11.8 Å². The van der Waals surface area contributed by atoms with Gasteiger partial charge in [-0.1, -0.05) is 44.2 Å². The first-order valence-corrected chi connectivity index (χ1v) is 7.92. The number of nitrogens with one attached hydrogen (secondary N) is 1. The summed E-state index contributed by atoms with van der Waals surface area (Å²) in [4.78, 5) is 0. The normalized spacial score (nSPS) is 16.0. The lowest BCUT2D eigenvalue weighted by Crippen LogP contribution is -2.30. The lowest BCUT2D eigenvalue weighted by molar-refractivity contribution is 0.113. The van der Waals surface area contributed by atoms with E-state index in [-0.39, 0.29) is 12.6 Å².